The van der Waals surface area contributed by atoms with E-state index < -0.39 is 0 Å². The standard InChI is InChI=1S/C12H21N3O2/c1-4-6-8-10(13)14-11(15-12(8)16)9(17-3)7-5-2/h9H,4-7H2,1-3H3,(H3,13,14,15,16). The molecule has 0 aromatic carbocycles. The summed E-state index contributed by atoms with van der Waals surface area (Å²) in [6, 6.07) is 0. The number of aromatic amines is 1. The number of nitrogens with one attached hydrogen (secondary N) is 1. The summed E-state index contributed by atoms with van der Waals surface area (Å²) in [5.74, 6) is 0.848. The summed E-state index contributed by atoms with van der Waals surface area (Å²) in [4.78, 5) is 18.8. The molecule has 3 N–H and O–H groups in total. The van der Waals surface area contributed by atoms with E-state index in [1.54, 1.807) is 7.11 Å². The highest BCUT2D eigenvalue weighted by Crippen LogP contribution is 2.18. The molecule has 1 aromatic rings. The number of hydrogen-bond acceptors (Lipinski definition) is 4. The lowest BCUT2D eigenvalue weighted by atomic mass is 10.1. The Kier molecular flexibility index (Phi) is 5.15. The topological polar surface area (TPSA) is 81.0 Å². The van der Waals surface area contributed by atoms with Crippen LogP contribution in [0.2, 0.25) is 0 Å². The number of aromatic nitrogens is 2. The Hall–Kier alpha value is -1.36. The molecule has 1 atom stereocenters. The Morgan fingerprint density at radius 1 is 1.41 bits per heavy atom. The molecule has 0 amide bonds. The first-order chi connectivity index (χ1) is 8.13. The maximum absolute atomic E-state index is 11.8. The Balaban J connectivity index is 3.08. The molecule has 96 valence electrons. The van der Waals surface area contributed by atoms with Crippen molar-refractivity contribution in [2.75, 3.05) is 12.8 Å². The summed E-state index contributed by atoms with van der Waals surface area (Å²) in [5.41, 5.74) is 6.24. The molecule has 0 bridgehead atoms. The van der Waals surface area contributed by atoms with Gasteiger partial charge in [0.15, 0.2) is 0 Å². The van der Waals surface area contributed by atoms with Crippen LogP contribution in [0.1, 0.15) is 50.6 Å². The van der Waals surface area contributed by atoms with Crippen LogP contribution < -0.4 is 11.3 Å². The third-order valence-electron chi connectivity index (χ3n) is 2.71. The first-order valence-electron chi connectivity index (χ1n) is 6.05. The van der Waals surface area contributed by atoms with Crippen LogP contribution in [-0.2, 0) is 11.2 Å². The van der Waals surface area contributed by atoms with Crippen molar-refractivity contribution < 1.29 is 4.74 Å². The average molecular weight is 239 g/mol. The zero-order valence-corrected chi connectivity index (χ0v) is 10.7. The van der Waals surface area contributed by atoms with Crippen LogP contribution in [0.15, 0.2) is 4.79 Å². The molecule has 1 unspecified atom stereocenters. The summed E-state index contributed by atoms with van der Waals surface area (Å²) in [7, 11) is 1.61. The van der Waals surface area contributed by atoms with E-state index in [4.69, 9.17) is 10.5 Å². The third-order valence-corrected chi connectivity index (χ3v) is 2.71. The zero-order chi connectivity index (χ0) is 12.8. The Bertz CT molecular complexity index is 415. The number of ether oxygens (including phenoxy) is 1. The smallest absolute Gasteiger partial charge is 0.256 e. The number of methoxy groups -OCH3 is 1. The summed E-state index contributed by atoms with van der Waals surface area (Å²) < 4.78 is 5.30. The van der Waals surface area contributed by atoms with Crippen molar-refractivity contribution in [2.24, 2.45) is 0 Å². The minimum absolute atomic E-state index is 0.146. The Labute approximate surface area is 101 Å². The van der Waals surface area contributed by atoms with Gasteiger partial charge in [-0.2, -0.15) is 0 Å². The predicted octanol–water partition coefficient (Wildman–Crippen LogP) is 1.79. The van der Waals surface area contributed by atoms with Crippen molar-refractivity contribution in [1.82, 2.24) is 9.97 Å². The van der Waals surface area contributed by atoms with Gasteiger partial charge in [0.1, 0.15) is 17.7 Å². The fraction of sp³-hybridized carbons (Fsp3) is 0.667. The number of hydrogen-bond donors (Lipinski definition) is 2. The molecule has 0 aliphatic carbocycles. The van der Waals surface area contributed by atoms with Gasteiger partial charge in [0.05, 0.1) is 5.56 Å². The fourth-order valence-electron chi connectivity index (χ4n) is 1.81. The Morgan fingerprint density at radius 3 is 2.59 bits per heavy atom. The minimum atomic E-state index is -0.189. The molecule has 0 aliphatic rings. The lowest BCUT2D eigenvalue weighted by molar-refractivity contribution is 0.0875. The van der Waals surface area contributed by atoms with E-state index in [2.05, 4.69) is 16.9 Å². The molecule has 17 heavy (non-hydrogen) atoms. The van der Waals surface area contributed by atoms with E-state index in [-0.39, 0.29) is 11.7 Å². The van der Waals surface area contributed by atoms with Crippen LogP contribution in [0.4, 0.5) is 5.82 Å². The van der Waals surface area contributed by atoms with Gasteiger partial charge in [0, 0.05) is 7.11 Å². The van der Waals surface area contributed by atoms with Gasteiger partial charge in [-0.05, 0) is 12.8 Å². The van der Waals surface area contributed by atoms with E-state index in [1.165, 1.54) is 0 Å². The van der Waals surface area contributed by atoms with E-state index in [1.807, 2.05) is 6.92 Å². The molecule has 0 saturated carbocycles. The molecule has 1 heterocycles. The van der Waals surface area contributed by atoms with Crippen LogP contribution in [-0.4, -0.2) is 17.1 Å². The SMILES string of the molecule is CCCc1c(N)nc(C(CCC)OC)[nH]c1=O. The minimum Gasteiger partial charge on any atom is -0.383 e. The summed E-state index contributed by atoms with van der Waals surface area (Å²) in [6.07, 6.45) is 3.10. The second-order valence-corrected chi connectivity index (χ2v) is 4.08. The van der Waals surface area contributed by atoms with Crippen LogP contribution in [0.25, 0.3) is 0 Å². The number of nitrogens with two attached hydrogens (primary N) is 1. The molecule has 0 aliphatic heterocycles. The summed E-state index contributed by atoms with van der Waals surface area (Å²) in [6.45, 7) is 4.06. The van der Waals surface area contributed by atoms with Gasteiger partial charge in [-0.3, -0.25) is 4.79 Å². The van der Waals surface area contributed by atoms with Gasteiger partial charge in [0.25, 0.3) is 5.56 Å². The molecular formula is C12H21N3O2. The van der Waals surface area contributed by atoms with E-state index in [9.17, 15) is 4.79 Å². The number of nitrogen functional groups attached to an aromatic ring is 1. The van der Waals surface area contributed by atoms with Gasteiger partial charge in [-0.25, -0.2) is 4.98 Å². The van der Waals surface area contributed by atoms with Crippen LogP contribution in [0, 0.1) is 0 Å². The van der Waals surface area contributed by atoms with E-state index in [0.29, 0.717) is 23.6 Å². The first kappa shape index (κ1) is 13.7. The summed E-state index contributed by atoms with van der Waals surface area (Å²) in [5, 5.41) is 0. The first-order valence-corrected chi connectivity index (χ1v) is 6.05. The lowest BCUT2D eigenvalue weighted by Gasteiger charge is -2.14. The molecular weight excluding hydrogens is 218 g/mol. The van der Waals surface area contributed by atoms with Gasteiger partial charge in [-0.15, -0.1) is 0 Å². The molecule has 0 saturated heterocycles. The maximum Gasteiger partial charge on any atom is 0.256 e. The molecule has 0 fully saturated rings. The second kappa shape index (κ2) is 6.39. The third kappa shape index (κ3) is 3.30. The molecule has 1 rings (SSSR count). The van der Waals surface area contributed by atoms with Crippen LogP contribution >= 0.6 is 0 Å². The number of H-pyrrole nitrogens is 1. The fourth-order valence-corrected chi connectivity index (χ4v) is 1.81. The molecule has 1 aromatic heterocycles. The second-order valence-electron chi connectivity index (χ2n) is 4.08. The van der Waals surface area contributed by atoms with Gasteiger partial charge in [0.2, 0.25) is 0 Å². The van der Waals surface area contributed by atoms with Gasteiger partial charge in [-0.1, -0.05) is 26.7 Å². The zero-order valence-electron chi connectivity index (χ0n) is 10.7. The van der Waals surface area contributed by atoms with Crippen molar-refractivity contribution >= 4 is 5.82 Å². The number of anilines is 1. The van der Waals surface area contributed by atoms with Crippen molar-refractivity contribution in [3.8, 4) is 0 Å². The molecule has 5 heteroatoms. The maximum atomic E-state index is 11.8. The molecule has 0 radical (unpaired) electrons. The highest BCUT2D eigenvalue weighted by atomic mass is 16.5. The predicted molar refractivity (Wildman–Crippen MR) is 67.9 cm³/mol. The largest absolute Gasteiger partial charge is 0.383 e. The average Bonchev–Trinajstić information content (AvgIpc) is 2.30. The van der Waals surface area contributed by atoms with Crippen molar-refractivity contribution in [3.63, 3.8) is 0 Å². The van der Waals surface area contributed by atoms with Crippen molar-refractivity contribution in [2.45, 2.75) is 45.6 Å². The van der Waals surface area contributed by atoms with E-state index >= 15 is 0 Å². The highest BCUT2D eigenvalue weighted by molar-refractivity contribution is 5.37. The normalized spacial score (nSPS) is 12.6. The lowest BCUT2D eigenvalue weighted by Crippen LogP contribution is -2.22. The summed E-state index contributed by atoms with van der Waals surface area (Å²) >= 11 is 0. The van der Waals surface area contributed by atoms with Crippen molar-refractivity contribution in [1.29, 1.82) is 0 Å². The number of rotatable bonds is 6. The molecule has 5 nitrogen and oxygen atoms in total. The number of nitrogens with zero attached hydrogens (tertiary/aromatic N) is 1. The van der Waals surface area contributed by atoms with Crippen LogP contribution in [0.5, 0.6) is 0 Å². The quantitative estimate of drug-likeness (QED) is 0.793. The van der Waals surface area contributed by atoms with Crippen molar-refractivity contribution in [3.05, 3.63) is 21.7 Å². The molecule has 0 spiro atoms. The van der Waals surface area contributed by atoms with E-state index in [0.717, 1.165) is 19.3 Å². The monoisotopic (exact) mass is 239 g/mol. The van der Waals surface area contributed by atoms with Gasteiger partial charge >= 0.3 is 0 Å². The Morgan fingerprint density at radius 2 is 2.12 bits per heavy atom. The van der Waals surface area contributed by atoms with Crippen LogP contribution in [0.3, 0.4) is 0 Å². The van der Waals surface area contributed by atoms with Gasteiger partial charge < -0.3 is 15.5 Å². The highest BCUT2D eigenvalue weighted by Gasteiger charge is 2.15.